The van der Waals surface area contributed by atoms with Gasteiger partial charge in [0.1, 0.15) is 6.10 Å². The van der Waals surface area contributed by atoms with Crippen LogP contribution in [0.2, 0.25) is 0 Å². The van der Waals surface area contributed by atoms with Crippen LogP contribution in [0, 0.1) is 0 Å². The highest BCUT2D eigenvalue weighted by Gasteiger charge is 2.14. The second-order valence-electron chi connectivity index (χ2n) is 17.8. The highest BCUT2D eigenvalue weighted by molar-refractivity contribution is 5.78. The number of carbonyl (C=O) groups excluding carboxylic acids is 3. The molecule has 0 heterocycles. The number of rotatable bonds is 45. The van der Waals surface area contributed by atoms with Gasteiger partial charge < -0.3 is 14.8 Å². The molecule has 1 N–H and O–H groups in total. The number of amides is 1. The lowest BCUT2D eigenvalue weighted by atomic mass is 9.98. The van der Waals surface area contributed by atoms with Crippen molar-refractivity contribution in [3.05, 3.63) is 23.3 Å². The SMILES string of the molecule is C/C=C(\C)CC(=O)NCCC/C=C(/CCCCCCCCC(=O)OC(CCCCCCCC)CCCCCCCC)CCCCCCCC(=O)OCCCCCCCC. The molecule has 0 aliphatic rings. The van der Waals surface area contributed by atoms with Crippen LogP contribution in [0.15, 0.2) is 23.3 Å². The maximum Gasteiger partial charge on any atom is 0.306 e. The van der Waals surface area contributed by atoms with Crippen LogP contribution in [-0.4, -0.2) is 37.1 Å². The molecule has 0 atom stereocenters. The van der Waals surface area contributed by atoms with Crippen LogP contribution in [0.25, 0.3) is 0 Å². The van der Waals surface area contributed by atoms with Crippen LogP contribution < -0.4 is 5.32 Å². The Morgan fingerprint density at radius 3 is 1.42 bits per heavy atom. The molecule has 0 saturated carbocycles. The van der Waals surface area contributed by atoms with Gasteiger partial charge >= 0.3 is 11.9 Å². The number of nitrogens with one attached hydrogen (secondary N) is 1. The van der Waals surface area contributed by atoms with Gasteiger partial charge in [-0.3, -0.25) is 14.4 Å². The first kappa shape index (κ1) is 56.9. The standard InChI is InChI=1S/C53H99NO5/c1-6-10-13-16-24-31-41-50(42-32-25-17-14-11-7-2)59-53(57)44-34-26-20-19-22-29-38-49(40-35-36-45-54-51(55)47-48(5)9-4)39-30-23-21-27-33-43-52(56)58-46-37-28-18-15-12-8-3/h9,40,50H,6-8,10-39,41-47H2,1-5H3,(H,54,55)/b48-9+,49-40-. The van der Waals surface area contributed by atoms with Gasteiger partial charge in [-0.15, -0.1) is 0 Å². The van der Waals surface area contributed by atoms with Crippen LogP contribution in [0.4, 0.5) is 0 Å². The Hall–Kier alpha value is -2.11. The van der Waals surface area contributed by atoms with E-state index in [1.807, 2.05) is 19.9 Å². The molecule has 59 heavy (non-hydrogen) atoms. The van der Waals surface area contributed by atoms with Crippen molar-refractivity contribution in [2.45, 2.75) is 285 Å². The summed E-state index contributed by atoms with van der Waals surface area (Å²) in [6.45, 7) is 12.1. The summed E-state index contributed by atoms with van der Waals surface area (Å²) in [5, 5.41) is 3.08. The van der Waals surface area contributed by atoms with E-state index in [1.165, 1.54) is 148 Å². The Kier molecular flexibility index (Phi) is 43.8. The van der Waals surface area contributed by atoms with Crippen molar-refractivity contribution in [3.63, 3.8) is 0 Å². The van der Waals surface area contributed by atoms with E-state index in [0.717, 1.165) is 89.2 Å². The molecule has 0 unspecified atom stereocenters. The van der Waals surface area contributed by atoms with Gasteiger partial charge in [0.2, 0.25) is 5.91 Å². The first-order valence-corrected chi connectivity index (χ1v) is 25.8. The van der Waals surface area contributed by atoms with Gasteiger partial charge in [-0.2, -0.15) is 0 Å². The fourth-order valence-corrected chi connectivity index (χ4v) is 7.82. The monoisotopic (exact) mass is 830 g/mol. The van der Waals surface area contributed by atoms with Crippen molar-refractivity contribution in [2.75, 3.05) is 13.2 Å². The zero-order valence-electron chi connectivity index (χ0n) is 40.1. The van der Waals surface area contributed by atoms with Crippen molar-refractivity contribution in [2.24, 2.45) is 0 Å². The van der Waals surface area contributed by atoms with E-state index < -0.39 is 0 Å². The lowest BCUT2D eigenvalue weighted by Gasteiger charge is -2.18. The normalized spacial score (nSPS) is 12.0. The average Bonchev–Trinajstić information content (AvgIpc) is 3.22. The lowest BCUT2D eigenvalue weighted by molar-refractivity contribution is -0.150. The molecule has 0 spiro atoms. The topological polar surface area (TPSA) is 81.7 Å². The zero-order chi connectivity index (χ0) is 43.3. The van der Waals surface area contributed by atoms with E-state index in [0.29, 0.717) is 25.9 Å². The summed E-state index contributed by atoms with van der Waals surface area (Å²) in [6.07, 6.45) is 47.6. The van der Waals surface area contributed by atoms with Crippen molar-refractivity contribution in [1.29, 1.82) is 0 Å². The van der Waals surface area contributed by atoms with Gasteiger partial charge in [-0.1, -0.05) is 185 Å². The maximum atomic E-state index is 12.8. The number of hydrogen-bond donors (Lipinski definition) is 1. The highest BCUT2D eigenvalue weighted by atomic mass is 16.5. The van der Waals surface area contributed by atoms with Crippen molar-refractivity contribution < 1.29 is 23.9 Å². The minimum Gasteiger partial charge on any atom is -0.466 e. The zero-order valence-corrected chi connectivity index (χ0v) is 40.1. The third-order valence-electron chi connectivity index (χ3n) is 11.9. The van der Waals surface area contributed by atoms with E-state index in [-0.39, 0.29) is 23.9 Å². The molecule has 6 nitrogen and oxygen atoms in total. The minimum atomic E-state index is -0.0271. The predicted molar refractivity (Wildman–Crippen MR) is 254 cm³/mol. The number of allylic oxidation sites excluding steroid dienone is 3. The Labute approximate surface area is 367 Å². The molecule has 0 aromatic rings. The van der Waals surface area contributed by atoms with Crippen molar-refractivity contribution >= 4 is 17.8 Å². The maximum absolute atomic E-state index is 12.8. The number of esters is 2. The molecule has 0 saturated heterocycles. The lowest BCUT2D eigenvalue weighted by Crippen LogP contribution is -2.24. The molecule has 0 bridgehead atoms. The third-order valence-corrected chi connectivity index (χ3v) is 11.9. The Bertz CT molecular complexity index is 1000. The Morgan fingerprint density at radius 1 is 0.508 bits per heavy atom. The number of unbranched alkanes of at least 4 members (excludes halogenated alkanes) is 25. The van der Waals surface area contributed by atoms with Gasteiger partial charge in [-0.05, 0) is 97.3 Å². The van der Waals surface area contributed by atoms with E-state index in [4.69, 9.17) is 9.47 Å². The summed E-state index contributed by atoms with van der Waals surface area (Å²) in [5.41, 5.74) is 2.68. The fraction of sp³-hybridized carbons (Fsp3) is 0.868. The second-order valence-corrected chi connectivity index (χ2v) is 17.8. The molecule has 0 rings (SSSR count). The van der Waals surface area contributed by atoms with Gasteiger partial charge in [0.15, 0.2) is 0 Å². The largest absolute Gasteiger partial charge is 0.466 e. The molecule has 0 aliphatic heterocycles. The fourth-order valence-electron chi connectivity index (χ4n) is 7.82. The second kappa shape index (κ2) is 45.4. The van der Waals surface area contributed by atoms with E-state index in [2.05, 4.69) is 32.2 Å². The van der Waals surface area contributed by atoms with Crippen LogP contribution in [0.5, 0.6) is 0 Å². The van der Waals surface area contributed by atoms with Crippen LogP contribution in [0.1, 0.15) is 279 Å². The smallest absolute Gasteiger partial charge is 0.306 e. The minimum absolute atomic E-state index is 0.0236. The summed E-state index contributed by atoms with van der Waals surface area (Å²) in [7, 11) is 0. The first-order valence-electron chi connectivity index (χ1n) is 25.8. The third kappa shape index (κ3) is 42.4. The molecule has 0 aliphatic carbocycles. The van der Waals surface area contributed by atoms with Crippen LogP contribution in [-0.2, 0) is 23.9 Å². The summed E-state index contributed by atoms with van der Waals surface area (Å²) in [5.74, 6) is 0.111. The summed E-state index contributed by atoms with van der Waals surface area (Å²) >= 11 is 0. The van der Waals surface area contributed by atoms with Gasteiger partial charge in [0.25, 0.3) is 0 Å². The summed E-state index contributed by atoms with van der Waals surface area (Å²) < 4.78 is 11.5. The van der Waals surface area contributed by atoms with Crippen LogP contribution in [0.3, 0.4) is 0 Å². The molecule has 346 valence electrons. The molecule has 0 fully saturated rings. The molecule has 6 heteroatoms. The highest BCUT2D eigenvalue weighted by Crippen LogP contribution is 2.21. The van der Waals surface area contributed by atoms with Gasteiger partial charge in [0, 0.05) is 25.8 Å². The van der Waals surface area contributed by atoms with Gasteiger partial charge in [0.05, 0.1) is 6.61 Å². The molecule has 1 amide bonds. The van der Waals surface area contributed by atoms with Crippen LogP contribution >= 0.6 is 0 Å². The number of carbonyl (C=O) groups is 3. The number of hydrogen-bond acceptors (Lipinski definition) is 5. The summed E-state index contributed by atoms with van der Waals surface area (Å²) in [6, 6.07) is 0. The van der Waals surface area contributed by atoms with E-state index in [1.54, 1.807) is 5.57 Å². The molecule has 0 aromatic heterocycles. The predicted octanol–water partition coefficient (Wildman–Crippen LogP) is 16.3. The Morgan fingerprint density at radius 2 is 0.932 bits per heavy atom. The van der Waals surface area contributed by atoms with Crippen molar-refractivity contribution in [1.82, 2.24) is 5.32 Å². The van der Waals surface area contributed by atoms with Crippen molar-refractivity contribution in [3.8, 4) is 0 Å². The first-order chi connectivity index (χ1) is 28.9. The van der Waals surface area contributed by atoms with E-state index >= 15 is 0 Å². The molecular formula is C53H99NO5. The average molecular weight is 830 g/mol. The number of ether oxygens (including phenoxy) is 2. The molecule has 0 aromatic carbocycles. The van der Waals surface area contributed by atoms with Gasteiger partial charge in [-0.25, -0.2) is 0 Å². The Balaban J connectivity index is 4.49. The van der Waals surface area contributed by atoms with E-state index in [9.17, 15) is 14.4 Å². The molecular weight excluding hydrogens is 731 g/mol. The molecule has 0 radical (unpaired) electrons. The summed E-state index contributed by atoms with van der Waals surface area (Å²) in [4.78, 5) is 37.1. The quantitative estimate of drug-likeness (QED) is 0.0376.